The van der Waals surface area contributed by atoms with Crippen molar-refractivity contribution in [1.82, 2.24) is 19.9 Å². The molecular weight excluding hydrogens is 374 g/mol. The molecule has 0 aliphatic rings. The number of hydrogen-bond acceptors (Lipinski definition) is 7. The molecule has 4 N–H and O–H groups in total. The lowest BCUT2D eigenvalue weighted by Crippen LogP contribution is -2.19. The van der Waals surface area contributed by atoms with Crippen LogP contribution >= 0.6 is 0 Å². The van der Waals surface area contributed by atoms with E-state index in [1.54, 1.807) is 36.8 Å². The lowest BCUT2D eigenvalue weighted by Gasteiger charge is -2.27. The van der Waals surface area contributed by atoms with E-state index in [9.17, 15) is 5.26 Å². The Morgan fingerprint density at radius 2 is 1.60 bits per heavy atom. The number of rotatable bonds is 5. The zero-order valence-corrected chi connectivity index (χ0v) is 16.1. The highest BCUT2D eigenvalue weighted by atomic mass is 14.9. The topological polar surface area (TPSA) is 127 Å². The lowest BCUT2D eigenvalue weighted by molar-refractivity contribution is 0.636. The van der Waals surface area contributed by atoms with Gasteiger partial charge in [0.15, 0.2) is 0 Å². The smallest absolute Gasteiger partial charge is 0.139 e. The summed E-state index contributed by atoms with van der Waals surface area (Å²) < 4.78 is 0. The summed E-state index contributed by atoms with van der Waals surface area (Å²) in [6.45, 7) is 0. The molecule has 0 spiro atoms. The maximum atomic E-state index is 9.43. The third-order valence-corrected chi connectivity index (χ3v) is 4.84. The molecule has 7 heteroatoms. The first-order chi connectivity index (χ1) is 14.7. The predicted octanol–water partition coefficient (Wildman–Crippen LogP) is 3.27. The predicted molar refractivity (Wildman–Crippen MR) is 114 cm³/mol. The van der Waals surface area contributed by atoms with Gasteiger partial charge in [-0.1, -0.05) is 24.3 Å². The Labute approximate surface area is 174 Å². The van der Waals surface area contributed by atoms with E-state index >= 15 is 0 Å². The summed E-state index contributed by atoms with van der Waals surface area (Å²) in [6, 6.07) is 20.6. The van der Waals surface area contributed by atoms with Crippen LogP contribution in [0.3, 0.4) is 0 Å². The molecule has 0 aliphatic carbocycles. The molecular formula is C23H19N7. The van der Waals surface area contributed by atoms with Gasteiger partial charge in [0.25, 0.3) is 0 Å². The molecule has 7 nitrogen and oxygen atoms in total. The van der Waals surface area contributed by atoms with Crippen molar-refractivity contribution in [2.45, 2.75) is 11.8 Å². The minimum atomic E-state index is -0.361. The van der Waals surface area contributed by atoms with Crippen LogP contribution in [0.4, 0.5) is 11.6 Å². The highest BCUT2D eigenvalue weighted by molar-refractivity contribution is 5.44. The Bertz CT molecular complexity index is 1200. The van der Waals surface area contributed by atoms with Gasteiger partial charge in [-0.3, -0.25) is 4.98 Å². The number of nitrogens with two attached hydrogens (primary N) is 2. The summed E-state index contributed by atoms with van der Waals surface area (Å²) in [5.41, 5.74) is 15.1. The SMILES string of the molecule is N#Cc1cccc(C(c2nccc(N)n2)C(c2cccnc2)c2cccc(N)n2)c1. The summed E-state index contributed by atoms with van der Waals surface area (Å²) in [4.78, 5) is 17.9. The van der Waals surface area contributed by atoms with Crippen LogP contribution in [-0.4, -0.2) is 19.9 Å². The molecule has 0 aliphatic heterocycles. The molecule has 30 heavy (non-hydrogen) atoms. The Balaban J connectivity index is 1.99. The van der Waals surface area contributed by atoms with E-state index in [-0.39, 0.29) is 11.8 Å². The van der Waals surface area contributed by atoms with Crippen molar-refractivity contribution in [1.29, 1.82) is 5.26 Å². The molecule has 146 valence electrons. The summed E-state index contributed by atoms with van der Waals surface area (Å²) in [5, 5.41) is 9.43. The number of nitrogen functional groups attached to an aromatic ring is 2. The van der Waals surface area contributed by atoms with Crippen LogP contribution in [0.2, 0.25) is 0 Å². The minimum Gasteiger partial charge on any atom is -0.384 e. The molecule has 4 aromatic rings. The van der Waals surface area contributed by atoms with Crippen LogP contribution in [0.15, 0.2) is 79.3 Å². The Kier molecular flexibility index (Phi) is 5.31. The minimum absolute atomic E-state index is 0.294. The van der Waals surface area contributed by atoms with Gasteiger partial charge in [-0.25, -0.2) is 15.0 Å². The van der Waals surface area contributed by atoms with Crippen molar-refractivity contribution in [3.8, 4) is 6.07 Å². The third-order valence-electron chi connectivity index (χ3n) is 4.84. The van der Waals surface area contributed by atoms with E-state index in [0.717, 1.165) is 16.8 Å². The van der Waals surface area contributed by atoms with Crippen LogP contribution < -0.4 is 11.5 Å². The van der Waals surface area contributed by atoms with Crippen LogP contribution in [0.5, 0.6) is 0 Å². The fraction of sp³-hybridized carbons (Fsp3) is 0.0870. The van der Waals surface area contributed by atoms with Crippen LogP contribution in [0, 0.1) is 11.3 Å². The van der Waals surface area contributed by atoms with E-state index in [4.69, 9.17) is 11.5 Å². The van der Waals surface area contributed by atoms with Crippen molar-refractivity contribution in [2.24, 2.45) is 0 Å². The molecule has 2 unspecified atom stereocenters. The first-order valence-corrected chi connectivity index (χ1v) is 9.36. The zero-order valence-electron chi connectivity index (χ0n) is 16.1. The van der Waals surface area contributed by atoms with Crippen LogP contribution in [0.1, 0.15) is 40.0 Å². The second-order valence-electron chi connectivity index (χ2n) is 6.81. The van der Waals surface area contributed by atoms with Gasteiger partial charge in [-0.05, 0) is 47.5 Å². The summed E-state index contributed by atoms with van der Waals surface area (Å²) in [7, 11) is 0. The second kappa shape index (κ2) is 8.37. The number of pyridine rings is 2. The molecule has 0 bridgehead atoms. The number of nitriles is 1. The fourth-order valence-corrected chi connectivity index (χ4v) is 3.57. The van der Waals surface area contributed by atoms with Gasteiger partial charge in [0.1, 0.15) is 17.5 Å². The van der Waals surface area contributed by atoms with Gasteiger partial charge in [-0.2, -0.15) is 5.26 Å². The Hall–Kier alpha value is -4.31. The molecule has 0 amide bonds. The normalized spacial score (nSPS) is 12.6. The summed E-state index contributed by atoms with van der Waals surface area (Å²) in [5.74, 6) is 0.660. The lowest BCUT2D eigenvalue weighted by atomic mass is 9.78. The number of anilines is 2. The number of aromatic nitrogens is 4. The maximum absolute atomic E-state index is 9.43. The van der Waals surface area contributed by atoms with Gasteiger partial charge in [0, 0.05) is 24.5 Å². The van der Waals surface area contributed by atoms with Gasteiger partial charge >= 0.3 is 0 Å². The quantitative estimate of drug-likeness (QED) is 0.532. The molecule has 3 heterocycles. The van der Waals surface area contributed by atoms with Crippen molar-refractivity contribution in [2.75, 3.05) is 11.5 Å². The molecule has 2 atom stereocenters. The first-order valence-electron chi connectivity index (χ1n) is 9.36. The molecule has 0 fully saturated rings. The first kappa shape index (κ1) is 19.0. The van der Waals surface area contributed by atoms with E-state index in [1.807, 2.05) is 42.5 Å². The zero-order chi connectivity index (χ0) is 20.9. The van der Waals surface area contributed by atoms with Crippen LogP contribution in [-0.2, 0) is 0 Å². The van der Waals surface area contributed by atoms with Crippen LogP contribution in [0.25, 0.3) is 0 Å². The van der Waals surface area contributed by atoms with Gasteiger partial charge in [0.2, 0.25) is 0 Å². The molecule has 4 rings (SSSR count). The number of hydrogen-bond donors (Lipinski definition) is 2. The van der Waals surface area contributed by atoms with Crippen molar-refractivity contribution in [3.63, 3.8) is 0 Å². The Morgan fingerprint density at radius 1 is 0.800 bits per heavy atom. The second-order valence-corrected chi connectivity index (χ2v) is 6.81. The van der Waals surface area contributed by atoms with Gasteiger partial charge in [0.05, 0.1) is 23.2 Å². The van der Waals surface area contributed by atoms with Crippen molar-refractivity contribution in [3.05, 3.63) is 107 Å². The summed E-state index contributed by atoms with van der Waals surface area (Å²) >= 11 is 0. The highest BCUT2D eigenvalue weighted by Crippen LogP contribution is 2.41. The average molecular weight is 393 g/mol. The molecule has 3 aromatic heterocycles. The molecule has 1 aromatic carbocycles. The monoisotopic (exact) mass is 393 g/mol. The maximum Gasteiger partial charge on any atom is 0.139 e. The molecule has 0 saturated carbocycles. The molecule has 0 saturated heterocycles. The van der Waals surface area contributed by atoms with E-state index in [0.29, 0.717) is 23.0 Å². The number of benzene rings is 1. The van der Waals surface area contributed by atoms with Gasteiger partial charge in [-0.15, -0.1) is 0 Å². The van der Waals surface area contributed by atoms with E-state index < -0.39 is 0 Å². The standard InChI is InChI=1S/C23H19N7/c24-13-15-4-1-5-16(12-15)22(23-28-11-9-20(26)30-23)21(17-6-3-10-27-14-17)18-7-2-8-19(25)29-18/h1-12,14,21-22H,(H2,25,29)(H2,26,28,30). The highest BCUT2D eigenvalue weighted by Gasteiger charge is 2.32. The summed E-state index contributed by atoms with van der Waals surface area (Å²) in [6.07, 6.45) is 5.14. The Morgan fingerprint density at radius 3 is 2.33 bits per heavy atom. The van der Waals surface area contributed by atoms with Crippen molar-refractivity contribution < 1.29 is 0 Å². The number of nitrogens with zero attached hydrogens (tertiary/aromatic N) is 5. The van der Waals surface area contributed by atoms with E-state index in [2.05, 4.69) is 26.0 Å². The fourth-order valence-electron chi connectivity index (χ4n) is 3.57. The van der Waals surface area contributed by atoms with E-state index in [1.165, 1.54) is 0 Å². The average Bonchev–Trinajstić information content (AvgIpc) is 2.78. The largest absolute Gasteiger partial charge is 0.384 e. The van der Waals surface area contributed by atoms with Gasteiger partial charge < -0.3 is 11.5 Å². The van der Waals surface area contributed by atoms with Crippen molar-refractivity contribution >= 4 is 11.6 Å². The molecule has 0 radical (unpaired) electrons. The third kappa shape index (κ3) is 3.93.